The lowest BCUT2D eigenvalue weighted by molar-refractivity contribution is 0.0593. The first-order chi connectivity index (χ1) is 19.5. The van der Waals surface area contributed by atoms with E-state index in [0.717, 1.165) is 36.5 Å². The van der Waals surface area contributed by atoms with E-state index in [1.54, 1.807) is 24.3 Å². The van der Waals surface area contributed by atoms with Crippen molar-refractivity contribution in [2.75, 3.05) is 13.1 Å². The molecule has 40 heavy (non-hydrogen) atoms. The fourth-order valence-corrected chi connectivity index (χ4v) is 5.68. The molecule has 6 rings (SSSR count). The average molecular weight is 529 g/mol. The van der Waals surface area contributed by atoms with Gasteiger partial charge >= 0.3 is 0 Å². The Hall–Kier alpha value is -4.76. The van der Waals surface area contributed by atoms with Gasteiger partial charge in [0.25, 0.3) is 23.6 Å². The first-order valence-electron chi connectivity index (χ1n) is 13.8. The van der Waals surface area contributed by atoms with Crippen LogP contribution in [0.1, 0.15) is 92.1 Å². The number of carbonyl (C=O) groups is 4. The molecule has 2 heterocycles. The molecule has 6 nitrogen and oxygen atoms in total. The maximum Gasteiger partial charge on any atom is 0.261 e. The maximum absolute atomic E-state index is 13.2. The Morgan fingerprint density at radius 1 is 0.525 bits per heavy atom. The summed E-state index contributed by atoms with van der Waals surface area (Å²) < 4.78 is 0. The first kappa shape index (κ1) is 25.5. The number of benzene rings is 4. The molecule has 0 fully saturated rings. The lowest BCUT2D eigenvalue weighted by atomic mass is 9.90. The summed E-state index contributed by atoms with van der Waals surface area (Å²) in [5.41, 5.74) is 3.44. The molecule has 0 unspecified atom stereocenters. The molecular formula is C34H28N2O4. The maximum atomic E-state index is 13.2. The van der Waals surface area contributed by atoms with Crippen molar-refractivity contribution in [2.24, 2.45) is 0 Å². The summed E-state index contributed by atoms with van der Waals surface area (Å²) in [6, 6.07) is 18.1. The smallest absolute Gasteiger partial charge is 0.261 e. The number of carbonyl (C=O) groups excluding carboxylic acids is 4. The highest BCUT2D eigenvalue weighted by Gasteiger charge is 2.34. The van der Waals surface area contributed by atoms with Gasteiger partial charge in [-0.2, -0.15) is 0 Å². The zero-order chi connectivity index (χ0) is 28.0. The third-order valence-electron chi connectivity index (χ3n) is 7.79. The minimum Gasteiger partial charge on any atom is -0.274 e. The predicted octanol–water partition coefficient (Wildman–Crippen LogP) is 6.19. The van der Waals surface area contributed by atoms with Crippen LogP contribution in [-0.4, -0.2) is 46.5 Å². The number of unbranched alkanes of at least 4 members (excludes halogenated alkanes) is 2. The third kappa shape index (κ3) is 3.89. The number of hydrogen-bond acceptors (Lipinski definition) is 4. The molecular weight excluding hydrogens is 500 g/mol. The van der Waals surface area contributed by atoms with E-state index in [2.05, 4.69) is 11.8 Å². The van der Waals surface area contributed by atoms with Crippen molar-refractivity contribution in [1.82, 2.24) is 9.80 Å². The van der Waals surface area contributed by atoms with Crippen LogP contribution in [-0.2, 0) is 0 Å². The van der Waals surface area contributed by atoms with E-state index in [-0.39, 0.29) is 23.6 Å². The van der Waals surface area contributed by atoms with Gasteiger partial charge in [0.1, 0.15) is 0 Å². The van der Waals surface area contributed by atoms with Gasteiger partial charge < -0.3 is 0 Å². The third-order valence-corrected chi connectivity index (χ3v) is 7.79. The molecule has 0 saturated heterocycles. The zero-order valence-electron chi connectivity index (χ0n) is 22.5. The summed E-state index contributed by atoms with van der Waals surface area (Å²) in [6.45, 7) is 4.86. The molecule has 0 saturated carbocycles. The minimum atomic E-state index is -0.271. The van der Waals surface area contributed by atoms with E-state index in [9.17, 15) is 19.2 Å². The molecule has 0 N–H and O–H groups in total. The fraction of sp³-hybridized carbons (Fsp3) is 0.235. The van der Waals surface area contributed by atoms with E-state index >= 15 is 0 Å². The molecule has 0 spiro atoms. The van der Waals surface area contributed by atoms with Crippen molar-refractivity contribution in [3.05, 3.63) is 94.0 Å². The van der Waals surface area contributed by atoms with Crippen LogP contribution in [0.4, 0.5) is 0 Å². The standard InChI is InChI=1S/C34H28N2O4/c1-3-5-19-35-31(37)25-11-7-9-23-21(15-17-27(29(23)25)33(35)39)13-14-22-16-18-28-30-24(22)10-8-12-26(30)32(38)36(34(28)40)20-6-4-2/h7-12,15-18H,3-6,19-20H2,1-2H3. The second-order valence-corrected chi connectivity index (χ2v) is 10.3. The van der Waals surface area contributed by atoms with Gasteiger partial charge in [-0.15, -0.1) is 0 Å². The van der Waals surface area contributed by atoms with Crippen LogP contribution >= 0.6 is 0 Å². The quantitative estimate of drug-likeness (QED) is 0.221. The SMILES string of the molecule is CCCCN1C(=O)c2cccc3c(C#Cc4ccc5c6c(cccc46)C(=O)N(CCCC)C5=O)ccc(c23)C1=O. The monoisotopic (exact) mass is 528 g/mol. The summed E-state index contributed by atoms with van der Waals surface area (Å²) in [6.07, 6.45) is 3.29. The van der Waals surface area contributed by atoms with E-state index in [4.69, 9.17) is 0 Å². The van der Waals surface area contributed by atoms with E-state index in [0.29, 0.717) is 57.2 Å². The second-order valence-electron chi connectivity index (χ2n) is 10.3. The highest BCUT2D eigenvalue weighted by atomic mass is 16.2. The molecule has 0 aliphatic carbocycles. The molecule has 0 atom stereocenters. The topological polar surface area (TPSA) is 74.8 Å². The summed E-state index contributed by atoms with van der Waals surface area (Å²) >= 11 is 0. The number of hydrogen-bond donors (Lipinski definition) is 0. The Balaban J connectivity index is 1.44. The van der Waals surface area contributed by atoms with Gasteiger partial charge in [0, 0.05) is 57.2 Å². The molecule has 0 bridgehead atoms. The number of amides is 4. The normalized spacial score (nSPS) is 14.2. The van der Waals surface area contributed by atoms with Crippen LogP contribution in [0.15, 0.2) is 60.7 Å². The molecule has 0 aromatic heterocycles. The first-order valence-corrected chi connectivity index (χ1v) is 13.8. The fourth-order valence-electron chi connectivity index (χ4n) is 5.68. The molecule has 4 amide bonds. The summed E-state index contributed by atoms with van der Waals surface area (Å²) in [7, 11) is 0. The molecule has 4 aromatic carbocycles. The number of rotatable bonds is 6. The summed E-state index contributed by atoms with van der Waals surface area (Å²) in [5, 5.41) is 2.77. The number of nitrogens with zero attached hydrogens (tertiary/aromatic N) is 2. The molecule has 4 aromatic rings. The van der Waals surface area contributed by atoms with Crippen molar-refractivity contribution < 1.29 is 19.2 Å². The Bertz CT molecular complexity index is 1650. The molecule has 2 aliphatic heterocycles. The lowest BCUT2D eigenvalue weighted by Crippen LogP contribution is -2.40. The highest BCUT2D eigenvalue weighted by molar-refractivity contribution is 6.27. The van der Waals surface area contributed by atoms with Gasteiger partial charge in [0.15, 0.2) is 0 Å². The molecule has 2 aliphatic rings. The Labute approximate surface area is 232 Å². The van der Waals surface area contributed by atoms with Crippen molar-refractivity contribution >= 4 is 45.2 Å². The van der Waals surface area contributed by atoms with Crippen LogP contribution < -0.4 is 0 Å². The van der Waals surface area contributed by atoms with Crippen molar-refractivity contribution in [3.63, 3.8) is 0 Å². The second kappa shape index (κ2) is 10.1. The average Bonchev–Trinajstić information content (AvgIpc) is 2.97. The van der Waals surface area contributed by atoms with Crippen molar-refractivity contribution in [1.29, 1.82) is 0 Å². The van der Waals surface area contributed by atoms with Gasteiger partial charge in [0.2, 0.25) is 0 Å². The molecule has 6 heteroatoms. The largest absolute Gasteiger partial charge is 0.274 e. The lowest BCUT2D eigenvalue weighted by Gasteiger charge is -2.27. The van der Waals surface area contributed by atoms with Crippen LogP contribution in [0, 0.1) is 11.8 Å². The predicted molar refractivity (Wildman–Crippen MR) is 154 cm³/mol. The van der Waals surface area contributed by atoms with Gasteiger partial charge in [-0.1, -0.05) is 62.8 Å². The Morgan fingerprint density at radius 2 is 0.900 bits per heavy atom. The van der Waals surface area contributed by atoms with E-state index < -0.39 is 0 Å². The van der Waals surface area contributed by atoms with E-state index in [1.807, 2.05) is 50.2 Å². The van der Waals surface area contributed by atoms with Gasteiger partial charge in [-0.05, 0) is 60.0 Å². The van der Waals surface area contributed by atoms with Gasteiger partial charge in [-0.3, -0.25) is 29.0 Å². The summed E-state index contributed by atoms with van der Waals surface area (Å²) in [4.78, 5) is 55.5. The zero-order valence-corrected chi connectivity index (χ0v) is 22.5. The van der Waals surface area contributed by atoms with Gasteiger partial charge in [0.05, 0.1) is 0 Å². The van der Waals surface area contributed by atoms with Crippen LogP contribution in [0.3, 0.4) is 0 Å². The van der Waals surface area contributed by atoms with Crippen molar-refractivity contribution in [2.45, 2.75) is 39.5 Å². The van der Waals surface area contributed by atoms with Crippen LogP contribution in [0.25, 0.3) is 21.5 Å². The van der Waals surface area contributed by atoms with Gasteiger partial charge in [-0.25, -0.2) is 0 Å². The molecule has 198 valence electrons. The Kier molecular flexibility index (Phi) is 6.43. The Morgan fingerprint density at radius 3 is 1.27 bits per heavy atom. The minimum absolute atomic E-state index is 0.271. The van der Waals surface area contributed by atoms with Crippen molar-refractivity contribution in [3.8, 4) is 11.8 Å². The van der Waals surface area contributed by atoms with Crippen LogP contribution in [0.5, 0.6) is 0 Å². The van der Waals surface area contributed by atoms with Crippen LogP contribution in [0.2, 0.25) is 0 Å². The van der Waals surface area contributed by atoms with E-state index in [1.165, 1.54) is 9.80 Å². The highest BCUT2D eigenvalue weighted by Crippen LogP contribution is 2.34. The number of imide groups is 2. The molecule has 0 radical (unpaired) electrons. The summed E-state index contributed by atoms with van der Waals surface area (Å²) in [5.74, 6) is 5.40.